The van der Waals surface area contributed by atoms with E-state index >= 15 is 0 Å². The quantitative estimate of drug-likeness (QED) is 0.151. The van der Waals surface area contributed by atoms with Crippen molar-refractivity contribution >= 4 is 32.6 Å². The zero-order valence-corrected chi connectivity index (χ0v) is 23.2. The predicted octanol–water partition coefficient (Wildman–Crippen LogP) is 7.20. The molecular formula is C25H42ClN5O2S. The van der Waals surface area contributed by atoms with Gasteiger partial charge < -0.3 is 4.57 Å². The van der Waals surface area contributed by atoms with Gasteiger partial charge in [0.15, 0.2) is 20.5 Å². The lowest BCUT2D eigenvalue weighted by Gasteiger charge is -2.12. The molecule has 34 heavy (non-hydrogen) atoms. The number of unbranched alkanes of at least 4 members (excludes halogenated alkanes) is 10. The standard InChI is InChI=1S/C19H31ClN4O2S.C6H11N/c1-5-6-7-8-9-10-11-12-13-24-15(4)21-17-16(24)18(23-19(20)22-17)27(25,26)14(2)3;1-2-3-4-5-6-7/h14H,5-13H2,1-4H3;2-5H2,1H3. The minimum Gasteiger partial charge on any atom is -0.324 e. The predicted molar refractivity (Wildman–Crippen MR) is 140 cm³/mol. The van der Waals surface area contributed by atoms with Crippen LogP contribution in [0.15, 0.2) is 5.03 Å². The van der Waals surface area contributed by atoms with E-state index in [0.29, 0.717) is 17.7 Å². The second-order valence-corrected chi connectivity index (χ2v) is 11.7. The lowest BCUT2D eigenvalue weighted by Crippen LogP contribution is -2.18. The monoisotopic (exact) mass is 511 g/mol. The molecule has 2 heterocycles. The molecule has 0 saturated carbocycles. The second-order valence-electron chi connectivity index (χ2n) is 8.96. The average Bonchev–Trinajstić information content (AvgIpc) is 3.10. The van der Waals surface area contributed by atoms with Gasteiger partial charge in [-0.15, -0.1) is 0 Å². The Morgan fingerprint density at radius 2 is 1.47 bits per heavy atom. The first-order chi connectivity index (χ1) is 16.2. The van der Waals surface area contributed by atoms with Gasteiger partial charge in [-0.25, -0.2) is 18.4 Å². The number of imidazole rings is 1. The van der Waals surface area contributed by atoms with Crippen molar-refractivity contribution in [1.82, 2.24) is 19.5 Å². The highest BCUT2D eigenvalue weighted by Crippen LogP contribution is 2.26. The van der Waals surface area contributed by atoms with E-state index in [1.807, 2.05) is 11.5 Å². The fraction of sp³-hybridized carbons (Fsp3) is 0.760. The fourth-order valence-electron chi connectivity index (χ4n) is 3.64. The van der Waals surface area contributed by atoms with Crippen molar-refractivity contribution in [2.24, 2.45) is 0 Å². The zero-order chi connectivity index (χ0) is 25.6. The fourth-order valence-corrected chi connectivity index (χ4v) is 4.99. The molecule has 0 radical (unpaired) electrons. The molecule has 9 heteroatoms. The first-order valence-corrected chi connectivity index (χ1v) is 14.6. The number of hydrogen-bond acceptors (Lipinski definition) is 6. The van der Waals surface area contributed by atoms with Crippen molar-refractivity contribution in [3.63, 3.8) is 0 Å². The van der Waals surface area contributed by atoms with Crippen LogP contribution in [0.4, 0.5) is 0 Å². The van der Waals surface area contributed by atoms with Crippen molar-refractivity contribution in [2.75, 3.05) is 0 Å². The summed E-state index contributed by atoms with van der Waals surface area (Å²) in [5, 5.41) is 7.37. The first-order valence-electron chi connectivity index (χ1n) is 12.7. The molecule has 7 nitrogen and oxygen atoms in total. The zero-order valence-electron chi connectivity index (χ0n) is 21.6. The summed E-state index contributed by atoms with van der Waals surface area (Å²) >= 11 is 5.96. The van der Waals surface area contributed by atoms with Crippen LogP contribution in [0.25, 0.3) is 11.2 Å². The van der Waals surface area contributed by atoms with E-state index in [0.717, 1.165) is 31.5 Å². The summed E-state index contributed by atoms with van der Waals surface area (Å²) in [7, 11) is -3.58. The van der Waals surface area contributed by atoms with Crippen LogP contribution in [0, 0.1) is 18.3 Å². The highest BCUT2D eigenvalue weighted by atomic mass is 35.5. The highest BCUT2D eigenvalue weighted by Gasteiger charge is 2.28. The number of nitriles is 1. The molecule has 2 aromatic heterocycles. The van der Waals surface area contributed by atoms with Crippen molar-refractivity contribution in [3.8, 4) is 6.07 Å². The first kappa shape index (κ1) is 30.3. The van der Waals surface area contributed by atoms with E-state index in [1.165, 1.54) is 51.4 Å². The molecular weight excluding hydrogens is 470 g/mol. The molecule has 0 aliphatic rings. The smallest absolute Gasteiger partial charge is 0.225 e. The van der Waals surface area contributed by atoms with Crippen molar-refractivity contribution in [3.05, 3.63) is 11.1 Å². The Bertz CT molecular complexity index is 1010. The minimum absolute atomic E-state index is 0.00679. The third kappa shape index (κ3) is 9.50. The van der Waals surface area contributed by atoms with E-state index in [2.05, 4.69) is 34.9 Å². The third-order valence-corrected chi connectivity index (χ3v) is 7.99. The maximum atomic E-state index is 12.8. The Kier molecular flexibility index (Phi) is 14.3. The van der Waals surface area contributed by atoms with Gasteiger partial charge in [0.2, 0.25) is 5.28 Å². The number of aromatic nitrogens is 4. The number of halogens is 1. The van der Waals surface area contributed by atoms with Gasteiger partial charge in [-0.05, 0) is 45.2 Å². The minimum atomic E-state index is -3.58. The topological polar surface area (TPSA) is 102 Å². The van der Waals surface area contributed by atoms with Crippen molar-refractivity contribution < 1.29 is 8.42 Å². The average molecular weight is 512 g/mol. The number of aryl methyl sites for hydroxylation is 2. The molecule has 192 valence electrons. The van der Waals surface area contributed by atoms with Crippen LogP contribution >= 0.6 is 11.6 Å². The Morgan fingerprint density at radius 3 is 2.03 bits per heavy atom. The second kappa shape index (κ2) is 16.0. The molecule has 0 fully saturated rings. The summed E-state index contributed by atoms with van der Waals surface area (Å²) in [6, 6.07) is 2.10. The number of sulfone groups is 1. The van der Waals surface area contributed by atoms with E-state index < -0.39 is 15.1 Å². The molecule has 0 bridgehead atoms. The summed E-state index contributed by atoms with van der Waals surface area (Å²) in [5.74, 6) is 0.740. The molecule has 0 unspecified atom stereocenters. The number of fused-ring (bicyclic) bond motifs is 1. The Labute approximate surface area is 211 Å². The molecule has 2 aromatic rings. The number of nitrogens with zero attached hydrogens (tertiary/aromatic N) is 5. The largest absolute Gasteiger partial charge is 0.324 e. The Balaban J connectivity index is 0.000000718. The SMILES string of the molecule is CCCCCC#N.CCCCCCCCCCn1c(C)nc2nc(Cl)nc(S(=O)(=O)C(C)C)c21. The van der Waals surface area contributed by atoms with Gasteiger partial charge in [0.05, 0.1) is 11.3 Å². The van der Waals surface area contributed by atoms with Gasteiger partial charge in [0.25, 0.3) is 0 Å². The van der Waals surface area contributed by atoms with E-state index in [4.69, 9.17) is 16.9 Å². The summed E-state index contributed by atoms with van der Waals surface area (Å²) in [6.45, 7) is 10.2. The van der Waals surface area contributed by atoms with Crippen LogP contribution in [0.1, 0.15) is 111 Å². The summed E-state index contributed by atoms with van der Waals surface area (Å²) in [5.41, 5.74) is 0.833. The Morgan fingerprint density at radius 1 is 0.912 bits per heavy atom. The van der Waals surface area contributed by atoms with Gasteiger partial charge in [-0.3, -0.25) is 0 Å². The van der Waals surface area contributed by atoms with E-state index in [1.54, 1.807) is 13.8 Å². The number of rotatable bonds is 14. The van der Waals surface area contributed by atoms with Gasteiger partial charge in [-0.1, -0.05) is 71.6 Å². The van der Waals surface area contributed by atoms with E-state index in [9.17, 15) is 8.42 Å². The maximum absolute atomic E-state index is 12.8. The van der Waals surface area contributed by atoms with Gasteiger partial charge >= 0.3 is 0 Å². The van der Waals surface area contributed by atoms with E-state index in [-0.39, 0.29) is 10.3 Å². The molecule has 0 aliphatic heterocycles. The molecule has 0 N–H and O–H groups in total. The molecule has 0 amide bonds. The van der Waals surface area contributed by atoms with Crippen molar-refractivity contribution in [1.29, 1.82) is 5.26 Å². The lowest BCUT2D eigenvalue weighted by molar-refractivity contribution is 0.542. The van der Waals surface area contributed by atoms with Crippen LogP contribution in [0.3, 0.4) is 0 Å². The van der Waals surface area contributed by atoms with Gasteiger partial charge in [0.1, 0.15) is 11.3 Å². The molecule has 0 spiro atoms. The lowest BCUT2D eigenvalue weighted by atomic mass is 10.1. The van der Waals surface area contributed by atoms with Gasteiger partial charge in [0, 0.05) is 13.0 Å². The van der Waals surface area contributed by atoms with Crippen molar-refractivity contribution in [2.45, 2.75) is 128 Å². The normalized spacial score (nSPS) is 11.5. The van der Waals surface area contributed by atoms with Crippen LogP contribution in [0.5, 0.6) is 0 Å². The molecule has 0 aromatic carbocycles. The third-order valence-electron chi connectivity index (χ3n) is 5.75. The molecule has 0 atom stereocenters. The van der Waals surface area contributed by atoms with Crippen LogP contribution in [-0.2, 0) is 16.4 Å². The summed E-state index contributed by atoms with van der Waals surface area (Å²) < 4.78 is 27.5. The summed E-state index contributed by atoms with van der Waals surface area (Å²) in [6.07, 6.45) is 14.0. The van der Waals surface area contributed by atoms with Crippen LogP contribution in [0.2, 0.25) is 5.28 Å². The highest BCUT2D eigenvalue weighted by molar-refractivity contribution is 7.92. The Hall–Kier alpha value is -1.72. The molecule has 0 saturated heterocycles. The summed E-state index contributed by atoms with van der Waals surface area (Å²) in [4.78, 5) is 12.6. The van der Waals surface area contributed by atoms with Crippen LogP contribution < -0.4 is 0 Å². The van der Waals surface area contributed by atoms with Crippen LogP contribution in [-0.4, -0.2) is 33.2 Å². The van der Waals surface area contributed by atoms with Gasteiger partial charge in [-0.2, -0.15) is 10.2 Å². The molecule has 0 aliphatic carbocycles. The number of hydrogen-bond donors (Lipinski definition) is 0. The maximum Gasteiger partial charge on any atom is 0.225 e. The molecule has 2 rings (SSSR count).